The van der Waals surface area contributed by atoms with E-state index in [4.69, 9.17) is 0 Å². The lowest BCUT2D eigenvalue weighted by atomic mass is 10.1. The molecule has 2 heterocycles. The van der Waals surface area contributed by atoms with Gasteiger partial charge in [0.1, 0.15) is 24.5 Å². The first-order chi connectivity index (χ1) is 24.8. The van der Waals surface area contributed by atoms with Gasteiger partial charge in [-0.2, -0.15) is 9.13 Å². The van der Waals surface area contributed by atoms with Crippen molar-refractivity contribution in [1.82, 2.24) is 9.13 Å². The molecule has 9 rings (SSSR count). The Morgan fingerprint density at radius 2 is 0.720 bits per heavy atom. The van der Waals surface area contributed by atoms with Crippen LogP contribution in [-0.4, -0.2) is 9.13 Å². The number of imidazole rings is 2. The van der Waals surface area contributed by atoms with Crippen molar-refractivity contribution in [3.8, 4) is 33.6 Å². The van der Waals surface area contributed by atoms with E-state index >= 15 is 0 Å². The van der Waals surface area contributed by atoms with Crippen molar-refractivity contribution in [2.45, 2.75) is 13.1 Å². The lowest BCUT2D eigenvalue weighted by molar-refractivity contribution is -0.663. The second-order valence-electron chi connectivity index (χ2n) is 12.8. The van der Waals surface area contributed by atoms with Crippen LogP contribution < -0.4 is 9.13 Å². The van der Waals surface area contributed by atoms with Gasteiger partial charge in [0.05, 0.1) is 0 Å². The largest absolute Gasteiger partial charge is 0.250 e. The third-order valence-corrected chi connectivity index (χ3v) is 9.61. The fourth-order valence-corrected chi connectivity index (χ4v) is 7.12. The van der Waals surface area contributed by atoms with E-state index in [0.29, 0.717) is 0 Å². The lowest BCUT2D eigenvalue weighted by Crippen LogP contribution is -2.34. The Labute approximate surface area is 292 Å². The highest BCUT2D eigenvalue weighted by Gasteiger charge is 2.20. The molecular formula is C46H36N4+2. The number of para-hydroxylation sites is 4. The van der Waals surface area contributed by atoms with Crippen molar-refractivity contribution < 1.29 is 9.13 Å². The molecule has 4 nitrogen and oxygen atoms in total. The monoisotopic (exact) mass is 644 g/mol. The van der Waals surface area contributed by atoms with E-state index in [1.807, 2.05) is 0 Å². The highest BCUT2D eigenvalue weighted by atomic mass is 15.1. The Kier molecular flexibility index (Phi) is 7.60. The van der Waals surface area contributed by atoms with Gasteiger partial charge < -0.3 is 0 Å². The summed E-state index contributed by atoms with van der Waals surface area (Å²) in [5, 5.41) is 0. The van der Waals surface area contributed by atoms with Crippen molar-refractivity contribution in [2.24, 2.45) is 0 Å². The highest BCUT2D eigenvalue weighted by molar-refractivity contribution is 5.76. The summed E-state index contributed by atoms with van der Waals surface area (Å²) in [6, 6.07) is 65.1. The average Bonchev–Trinajstić information content (AvgIpc) is 3.74. The van der Waals surface area contributed by atoms with Crippen LogP contribution in [0.4, 0.5) is 0 Å². The smallest absolute Gasteiger partial charge is 0.225 e. The molecule has 0 N–H and O–H groups in total. The predicted octanol–water partition coefficient (Wildman–Crippen LogP) is 9.58. The van der Waals surface area contributed by atoms with Crippen LogP contribution in [-0.2, 0) is 13.1 Å². The standard InChI is InChI=1S/C46H36N4/c1-3-14-37(15-4-1)39-22-26-41(27-23-39)49-33-47(43-18-7-9-20-45(43)49)31-35-12-11-13-36(30-35)32-48-34-50(46-21-10-8-19-44(46)48)42-28-24-40(25-29-42)38-16-5-2-6-17-38/h1-30,33-34H,31-32H2/q+2. The van der Waals surface area contributed by atoms with Crippen LogP contribution in [0.15, 0.2) is 195 Å². The van der Waals surface area contributed by atoms with Crippen LogP contribution in [0.25, 0.3) is 55.7 Å². The third kappa shape index (κ3) is 5.67. The minimum Gasteiger partial charge on any atom is -0.225 e. The molecule has 0 atom stereocenters. The summed E-state index contributed by atoms with van der Waals surface area (Å²) < 4.78 is 9.31. The molecule has 0 saturated heterocycles. The maximum Gasteiger partial charge on any atom is 0.250 e. The zero-order chi connectivity index (χ0) is 33.3. The molecule has 0 aliphatic heterocycles. The molecule has 0 saturated carbocycles. The molecule has 238 valence electrons. The van der Waals surface area contributed by atoms with Crippen LogP contribution in [0.2, 0.25) is 0 Å². The van der Waals surface area contributed by atoms with E-state index in [-0.39, 0.29) is 0 Å². The fourth-order valence-electron chi connectivity index (χ4n) is 7.12. The molecular weight excluding hydrogens is 609 g/mol. The molecule has 7 aromatic carbocycles. The van der Waals surface area contributed by atoms with Gasteiger partial charge in [-0.3, -0.25) is 0 Å². The number of nitrogens with zero attached hydrogens (tertiary/aromatic N) is 4. The maximum atomic E-state index is 2.36. The molecule has 0 aliphatic rings. The van der Waals surface area contributed by atoms with E-state index < -0.39 is 0 Å². The van der Waals surface area contributed by atoms with Gasteiger partial charge in [0, 0.05) is 0 Å². The molecule has 4 heteroatoms. The summed E-state index contributed by atoms with van der Waals surface area (Å²) in [4.78, 5) is 0. The van der Waals surface area contributed by atoms with Crippen molar-refractivity contribution in [3.63, 3.8) is 0 Å². The van der Waals surface area contributed by atoms with Crippen LogP contribution >= 0.6 is 0 Å². The van der Waals surface area contributed by atoms with Gasteiger partial charge in [-0.15, -0.1) is 0 Å². The van der Waals surface area contributed by atoms with Gasteiger partial charge in [0.25, 0.3) is 0 Å². The van der Waals surface area contributed by atoms with Crippen molar-refractivity contribution in [3.05, 3.63) is 206 Å². The van der Waals surface area contributed by atoms with Crippen LogP contribution in [0, 0.1) is 0 Å². The molecule has 0 spiro atoms. The van der Waals surface area contributed by atoms with Crippen LogP contribution in [0.5, 0.6) is 0 Å². The number of fused-ring (bicyclic) bond motifs is 2. The second kappa shape index (κ2) is 12.8. The summed E-state index contributed by atoms with van der Waals surface area (Å²) in [6.07, 6.45) is 4.47. The molecule has 2 aromatic heterocycles. The first kappa shape index (κ1) is 29.6. The molecule has 0 aliphatic carbocycles. The highest BCUT2D eigenvalue weighted by Crippen LogP contribution is 2.25. The molecule has 0 unspecified atom stereocenters. The second-order valence-corrected chi connectivity index (χ2v) is 12.8. The summed E-state index contributed by atoms with van der Waals surface area (Å²) in [5.41, 5.74) is 14.5. The average molecular weight is 645 g/mol. The van der Waals surface area contributed by atoms with Gasteiger partial charge in [0.15, 0.2) is 22.1 Å². The first-order valence-electron chi connectivity index (χ1n) is 17.2. The van der Waals surface area contributed by atoms with Gasteiger partial charge in [-0.1, -0.05) is 127 Å². The summed E-state index contributed by atoms with van der Waals surface area (Å²) in [7, 11) is 0. The Hall–Kier alpha value is -6.52. The van der Waals surface area contributed by atoms with E-state index in [2.05, 4.69) is 213 Å². The number of aromatic nitrogens is 4. The molecule has 0 amide bonds. The van der Waals surface area contributed by atoms with Crippen LogP contribution in [0.3, 0.4) is 0 Å². The summed E-state index contributed by atoms with van der Waals surface area (Å²) in [6.45, 7) is 1.56. The summed E-state index contributed by atoms with van der Waals surface area (Å²) >= 11 is 0. The van der Waals surface area contributed by atoms with E-state index in [9.17, 15) is 0 Å². The molecule has 9 aromatic rings. The molecule has 0 fully saturated rings. The van der Waals surface area contributed by atoms with Gasteiger partial charge >= 0.3 is 0 Å². The van der Waals surface area contributed by atoms with E-state index in [1.54, 1.807) is 0 Å². The lowest BCUT2D eigenvalue weighted by Gasteiger charge is -2.04. The van der Waals surface area contributed by atoms with Crippen LogP contribution in [0.1, 0.15) is 11.1 Å². The molecule has 50 heavy (non-hydrogen) atoms. The van der Waals surface area contributed by atoms with Crippen molar-refractivity contribution in [1.29, 1.82) is 0 Å². The SMILES string of the molecule is c1ccc(-c2ccc(-n3c[n+](Cc4cccc(C[n+]5cn(-c6ccc(-c7ccccc7)cc6)c6ccccc65)c4)c4ccccc43)cc2)cc1. The van der Waals surface area contributed by atoms with Gasteiger partial charge in [0.2, 0.25) is 12.7 Å². The third-order valence-electron chi connectivity index (χ3n) is 9.61. The number of benzene rings is 7. The van der Waals surface area contributed by atoms with Gasteiger partial charge in [-0.05, 0) is 88.0 Å². The Bertz CT molecular complexity index is 2380. The predicted molar refractivity (Wildman–Crippen MR) is 202 cm³/mol. The van der Waals surface area contributed by atoms with E-state index in [0.717, 1.165) is 24.5 Å². The maximum absolute atomic E-state index is 2.36. The normalized spacial score (nSPS) is 11.4. The number of hydrogen-bond donors (Lipinski definition) is 0. The molecule has 0 bridgehead atoms. The zero-order valence-corrected chi connectivity index (χ0v) is 27.7. The van der Waals surface area contributed by atoms with Crippen molar-refractivity contribution in [2.75, 3.05) is 0 Å². The minimum absolute atomic E-state index is 0.781. The first-order valence-corrected chi connectivity index (χ1v) is 17.2. The summed E-state index contributed by atoms with van der Waals surface area (Å²) in [5.74, 6) is 0. The zero-order valence-electron chi connectivity index (χ0n) is 27.7. The quantitative estimate of drug-likeness (QED) is 0.147. The van der Waals surface area contributed by atoms with E-state index in [1.165, 1.54) is 55.4 Å². The Balaban J connectivity index is 0.998. The van der Waals surface area contributed by atoms with Gasteiger partial charge in [-0.25, -0.2) is 9.13 Å². The number of rotatable bonds is 8. The molecule has 0 radical (unpaired) electrons. The minimum atomic E-state index is 0.781. The fraction of sp³-hybridized carbons (Fsp3) is 0.0435. The Morgan fingerprint density at radius 3 is 1.16 bits per heavy atom. The number of hydrogen-bond acceptors (Lipinski definition) is 0. The Morgan fingerprint density at radius 1 is 0.340 bits per heavy atom. The topological polar surface area (TPSA) is 17.6 Å². The van der Waals surface area contributed by atoms with Crippen molar-refractivity contribution >= 4 is 22.1 Å².